The molecule has 0 bridgehead atoms. The summed E-state index contributed by atoms with van der Waals surface area (Å²) in [5, 5.41) is 11.2. The number of anilines is 1. The first-order valence-corrected chi connectivity index (χ1v) is 12.7. The molecule has 2 saturated heterocycles. The lowest BCUT2D eigenvalue weighted by atomic mass is 9.86. The molecule has 2 aliphatic rings. The quantitative estimate of drug-likeness (QED) is 0.411. The van der Waals surface area contributed by atoms with Gasteiger partial charge < -0.3 is 9.88 Å². The van der Waals surface area contributed by atoms with Crippen molar-refractivity contribution in [1.82, 2.24) is 19.9 Å². The van der Waals surface area contributed by atoms with Crippen molar-refractivity contribution in [3.05, 3.63) is 52.3 Å². The third-order valence-corrected chi connectivity index (χ3v) is 8.73. The van der Waals surface area contributed by atoms with E-state index in [4.69, 9.17) is 0 Å². The molecule has 0 saturated carbocycles. The number of rotatable bonds is 5. The Hall–Kier alpha value is -3.09. The molecular weight excluding hydrogens is 466 g/mol. The smallest absolute Gasteiger partial charge is 0.243 e. The summed E-state index contributed by atoms with van der Waals surface area (Å²) in [4.78, 5) is 18.4. The number of thiophene rings is 1. The molecule has 0 aliphatic carbocycles. The highest BCUT2D eigenvalue weighted by atomic mass is 32.1. The minimum atomic E-state index is -2.35. The number of hydrogen-bond acceptors (Lipinski definition) is 6. The first kappa shape index (κ1) is 22.4. The summed E-state index contributed by atoms with van der Waals surface area (Å²) in [5.74, 6) is 0.879. The van der Waals surface area contributed by atoms with Crippen LogP contribution in [0, 0.1) is 23.7 Å². The fourth-order valence-corrected chi connectivity index (χ4v) is 6.87. The number of benzene rings is 1. The second-order valence-corrected chi connectivity index (χ2v) is 11.1. The zero-order chi connectivity index (χ0) is 24.2. The van der Waals surface area contributed by atoms with Gasteiger partial charge in [0.2, 0.25) is 6.43 Å². The molecule has 5 heterocycles. The second-order valence-electron chi connectivity index (χ2n) is 9.96. The van der Waals surface area contributed by atoms with Gasteiger partial charge in [-0.25, -0.2) is 18.7 Å². The van der Waals surface area contributed by atoms with E-state index in [0.29, 0.717) is 10.6 Å². The third kappa shape index (κ3) is 4.05. The fraction of sp³-hybridized carbons (Fsp3) is 0.423. The summed E-state index contributed by atoms with van der Waals surface area (Å²) in [6.07, 6.45) is 1.22. The van der Waals surface area contributed by atoms with E-state index in [9.17, 15) is 14.0 Å². The lowest BCUT2D eigenvalue weighted by molar-refractivity contribution is 0.150. The van der Waals surface area contributed by atoms with Gasteiger partial charge in [0.05, 0.1) is 5.39 Å². The van der Waals surface area contributed by atoms with Gasteiger partial charge in [-0.3, -0.25) is 4.90 Å². The van der Waals surface area contributed by atoms with E-state index in [1.54, 1.807) is 6.33 Å². The van der Waals surface area contributed by atoms with E-state index < -0.39 is 6.43 Å². The maximum absolute atomic E-state index is 12.9. The highest BCUT2D eigenvalue weighted by molar-refractivity contribution is 7.18. The molecule has 1 aromatic carbocycles. The number of hydrogen-bond donors (Lipinski definition) is 1. The molecule has 6 rings (SSSR count). The van der Waals surface area contributed by atoms with E-state index in [1.807, 2.05) is 12.1 Å². The summed E-state index contributed by atoms with van der Waals surface area (Å²) in [6, 6.07) is 10.2. The van der Waals surface area contributed by atoms with Crippen LogP contribution in [0.1, 0.15) is 34.5 Å². The van der Waals surface area contributed by atoms with Gasteiger partial charge in [0.1, 0.15) is 28.7 Å². The molecule has 0 amide bonds. The highest BCUT2D eigenvalue weighted by Crippen LogP contribution is 2.43. The van der Waals surface area contributed by atoms with Crippen LogP contribution in [0.3, 0.4) is 0 Å². The zero-order valence-corrected chi connectivity index (χ0v) is 20.3. The SMILES string of the molecule is Cc1c(CN2CC[C@]3(CCN(c4ncnc5sc(CC(F)F)cc45)C3)C2)ccc2[nH]c(C#N)cc12. The van der Waals surface area contributed by atoms with Gasteiger partial charge in [0.25, 0.3) is 0 Å². The van der Waals surface area contributed by atoms with E-state index in [2.05, 4.69) is 49.9 Å². The molecule has 180 valence electrons. The average Bonchev–Trinajstić information content (AvgIpc) is 3.61. The van der Waals surface area contributed by atoms with E-state index in [1.165, 1.54) is 22.5 Å². The van der Waals surface area contributed by atoms with E-state index >= 15 is 0 Å². The Morgan fingerprint density at radius 3 is 2.86 bits per heavy atom. The number of fused-ring (bicyclic) bond motifs is 2. The molecule has 1 atom stereocenters. The number of aromatic nitrogens is 3. The molecule has 3 aromatic heterocycles. The summed E-state index contributed by atoms with van der Waals surface area (Å²) in [6.45, 7) is 6.97. The van der Waals surface area contributed by atoms with Gasteiger partial charge in [-0.1, -0.05) is 6.07 Å². The molecule has 35 heavy (non-hydrogen) atoms. The number of aryl methyl sites for hydroxylation is 1. The van der Waals surface area contributed by atoms with Crippen LogP contribution in [-0.4, -0.2) is 52.5 Å². The van der Waals surface area contributed by atoms with Gasteiger partial charge in [-0.2, -0.15) is 5.26 Å². The van der Waals surface area contributed by atoms with Crippen molar-refractivity contribution >= 4 is 38.3 Å². The standard InChI is InChI=1S/C26H26F2N6S/c1-16-17(2-3-22-20(16)8-18(11-29)32-22)12-33-6-4-26(13-33)5-7-34(14-26)24-21-9-19(10-23(27)28)35-25(21)31-15-30-24/h2-3,8-9,15,23,32H,4-7,10,12-14H2,1H3/t26-/m0/s1. The van der Waals surface area contributed by atoms with Gasteiger partial charge in [-0.05, 0) is 55.6 Å². The number of halogens is 2. The predicted molar refractivity (Wildman–Crippen MR) is 134 cm³/mol. The molecule has 4 aromatic rings. The van der Waals surface area contributed by atoms with Crippen molar-refractivity contribution in [2.24, 2.45) is 5.41 Å². The minimum absolute atomic E-state index is 0.221. The molecular formula is C26H26F2N6S. The first-order valence-electron chi connectivity index (χ1n) is 11.9. The number of nitrogens with zero attached hydrogens (tertiary/aromatic N) is 5. The fourth-order valence-electron chi connectivity index (χ4n) is 5.88. The summed E-state index contributed by atoms with van der Waals surface area (Å²) >= 11 is 1.34. The number of H-pyrrole nitrogens is 1. The number of alkyl halides is 2. The van der Waals surface area contributed by atoms with Crippen LogP contribution in [0.5, 0.6) is 0 Å². The summed E-state index contributed by atoms with van der Waals surface area (Å²) in [5.41, 5.74) is 4.36. The number of likely N-dealkylation sites (tertiary alicyclic amines) is 1. The second kappa shape index (κ2) is 8.54. The molecule has 2 fully saturated rings. The normalized spacial score (nSPS) is 20.7. The molecule has 1 N–H and O–H groups in total. The molecule has 6 nitrogen and oxygen atoms in total. The summed E-state index contributed by atoms with van der Waals surface area (Å²) in [7, 11) is 0. The van der Waals surface area contributed by atoms with Crippen LogP contribution in [0.15, 0.2) is 30.6 Å². The minimum Gasteiger partial charge on any atom is -0.355 e. The van der Waals surface area contributed by atoms with Crippen LogP contribution in [0.4, 0.5) is 14.6 Å². The molecule has 2 aliphatic heterocycles. The number of nitriles is 1. The largest absolute Gasteiger partial charge is 0.355 e. The van der Waals surface area contributed by atoms with Crippen LogP contribution in [0.25, 0.3) is 21.1 Å². The van der Waals surface area contributed by atoms with Crippen molar-refractivity contribution in [2.75, 3.05) is 31.1 Å². The van der Waals surface area contributed by atoms with Crippen molar-refractivity contribution < 1.29 is 8.78 Å². The van der Waals surface area contributed by atoms with Crippen LogP contribution in [0.2, 0.25) is 0 Å². The Morgan fingerprint density at radius 2 is 2.03 bits per heavy atom. The predicted octanol–water partition coefficient (Wildman–Crippen LogP) is 5.26. The zero-order valence-electron chi connectivity index (χ0n) is 19.5. The van der Waals surface area contributed by atoms with Crippen molar-refractivity contribution in [3.63, 3.8) is 0 Å². The Morgan fingerprint density at radius 1 is 1.17 bits per heavy atom. The number of aromatic amines is 1. The Labute approximate surface area is 206 Å². The first-order chi connectivity index (χ1) is 16.9. The Balaban J connectivity index is 1.18. The lowest BCUT2D eigenvalue weighted by Crippen LogP contribution is -2.31. The van der Waals surface area contributed by atoms with Gasteiger partial charge in [0.15, 0.2) is 0 Å². The van der Waals surface area contributed by atoms with Gasteiger partial charge in [0, 0.05) is 53.8 Å². The molecule has 1 spiro atoms. The molecule has 9 heteroatoms. The third-order valence-electron chi connectivity index (χ3n) is 7.67. The summed E-state index contributed by atoms with van der Waals surface area (Å²) < 4.78 is 25.8. The maximum Gasteiger partial charge on any atom is 0.243 e. The topological polar surface area (TPSA) is 71.8 Å². The van der Waals surface area contributed by atoms with Crippen LogP contribution in [-0.2, 0) is 13.0 Å². The van der Waals surface area contributed by atoms with Gasteiger partial charge >= 0.3 is 0 Å². The van der Waals surface area contributed by atoms with Crippen molar-refractivity contribution in [2.45, 2.75) is 39.2 Å². The van der Waals surface area contributed by atoms with Crippen LogP contribution < -0.4 is 4.90 Å². The van der Waals surface area contributed by atoms with Gasteiger partial charge in [-0.15, -0.1) is 11.3 Å². The maximum atomic E-state index is 12.9. The monoisotopic (exact) mass is 492 g/mol. The van der Waals surface area contributed by atoms with E-state index in [0.717, 1.165) is 72.5 Å². The van der Waals surface area contributed by atoms with E-state index in [-0.39, 0.29) is 11.8 Å². The Kier molecular flexibility index (Phi) is 5.46. The number of nitrogens with one attached hydrogen (secondary N) is 1. The van der Waals surface area contributed by atoms with Crippen LogP contribution >= 0.6 is 11.3 Å². The average molecular weight is 493 g/mol. The Bertz CT molecular complexity index is 1450. The van der Waals surface area contributed by atoms with Crippen molar-refractivity contribution in [3.8, 4) is 6.07 Å². The molecule has 0 unspecified atom stereocenters. The van der Waals surface area contributed by atoms with Crippen molar-refractivity contribution in [1.29, 1.82) is 5.26 Å². The lowest BCUT2D eigenvalue weighted by Gasteiger charge is -2.25. The molecule has 0 radical (unpaired) electrons. The highest BCUT2D eigenvalue weighted by Gasteiger charge is 2.44.